The smallest absolute Gasteiger partial charge is 0.0731 e. The van der Waals surface area contributed by atoms with Gasteiger partial charge in [0.25, 0.3) is 0 Å². The third-order valence-electron chi connectivity index (χ3n) is 4.20. The molecule has 0 spiro atoms. The minimum absolute atomic E-state index is 0.424. The average Bonchev–Trinajstić information content (AvgIpc) is 3.23. The van der Waals surface area contributed by atoms with Crippen LogP contribution in [0.4, 0.5) is 5.69 Å². The molecule has 1 atom stereocenters. The van der Waals surface area contributed by atoms with Crippen LogP contribution in [0.15, 0.2) is 29.9 Å². The average molecular weight is 305 g/mol. The molecule has 1 fully saturated rings. The van der Waals surface area contributed by atoms with Gasteiger partial charge in [0.15, 0.2) is 0 Å². The predicted octanol–water partition coefficient (Wildman–Crippen LogP) is 3.93. The number of aromatic nitrogens is 2. The zero-order valence-electron chi connectivity index (χ0n) is 12.5. The Balaban J connectivity index is 1.70. The number of anilines is 1. The maximum atomic E-state index is 5.10. The lowest BCUT2D eigenvalue weighted by Crippen LogP contribution is -2.17. The molecule has 21 heavy (non-hydrogen) atoms. The molecule has 0 amide bonds. The van der Waals surface area contributed by atoms with Crippen LogP contribution < -0.4 is 5.32 Å². The summed E-state index contributed by atoms with van der Waals surface area (Å²) < 4.78 is 7.03. The molecule has 0 aliphatic heterocycles. The number of rotatable bonds is 7. The number of hydrogen-bond donors (Lipinski definition) is 1. The normalized spacial score (nSPS) is 17.2. The first-order valence-electron chi connectivity index (χ1n) is 7.68. The monoisotopic (exact) mass is 305 g/mol. The van der Waals surface area contributed by atoms with Gasteiger partial charge in [0, 0.05) is 18.2 Å². The molecule has 3 rings (SSSR count). The van der Waals surface area contributed by atoms with Crippen molar-refractivity contribution in [2.24, 2.45) is 5.92 Å². The fourth-order valence-electron chi connectivity index (χ4n) is 3.11. The van der Waals surface area contributed by atoms with Crippen molar-refractivity contribution in [3.63, 3.8) is 0 Å². The lowest BCUT2D eigenvalue weighted by molar-refractivity contribution is 0.183. The largest absolute Gasteiger partial charge is 0.383 e. The zero-order valence-corrected chi connectivity index (χ0v) is 13.3. The van der Waals surface area contributed by atoms with Gasteiger partial charge in [-0.25, -0.2) is 0 Å². The highest BCUT2D eigenvalue weighted by Gasteiger charge is 2.27. The molecule has 5 heteroatoms. The summed E-state index contributed by atoms with van der Waals surface area (Å²) in [6.07, 6.45) is 9.38. The Bertz CT molecular complexity index is 531. The molecule has 4 nitrogen and oxygen atoms in total. The Hall–Kier alpha value is -1.33. The molecule has 0 radical (unpaired) electrons. The maximum absolute atomic E-state index is 5.10. The van der Waals surface area contributed by atoms with Crippen molar-refractivity contribution in [3.05, 3.63) is 34.8 Å². The molecule has 1 N–H and O–H groups in total. The molecule has 2 aromatic rings. The number of nitrogens with one attached hydrogen (secondary N) is 1. The molecule has 1 aliphatic carbocycles. The van der Waals surface area contributed by atoms with Gasteiger partial charge in [-0.15, -0.1) is 11.3 Å². The van der Waals surface area contributed by atoms with Gasteiger partial charge in [0.2, 0.25) is 0 Å². The topological polar surface area (TPSA) is 39.1 Å². The van der Waals surface area contributed by atoms with Gasteiger partial charge in [-0.2, -0.15) is 5.10 Å². The highest BCUT2D eigenvalue weighted by Crippen LogP contribution is 2.39. The highest BCUT2D eigenvalue weighted by molar-refractivity contribution is 7.10. The Morgan fingerprint density at radius 3 is 3.05 bits per heavy atom. The van der Waals surface area contributed by atoms with Crippen LogP contribution in [0.5, 0.6) is 0 Å². The second-order valence-electron chi connectivity index (χ2n) is 5.67. The van der Waals surface area contributed by atoms with E-state index < -0.39 is 0 Å². The van der Waals surface area contributed by atoms with Crippen molar-refractivity contribution in [1.82, 2.24) is 9.78 Å². The molecule has 2 aromatic heterocycles. The van der Waals surface area contributed by atoms with E-state index in [9.17, 15) is 0 Å². The molecule has 2 heterocycles. The van der Waals surface area contributed by atoms with Crippen molar-refractivity contribution in [2.75, 3.05) is 19.0 Å². The van der Waals surface area contributed by atoms with Gasteiger partial charge in [-0.3, -0.25) is 4.68 Å². The molecular weight excluding hydrogens is 282 g/mol. The summed E-state index contributed by atoms with van der Waals surface area (Å²) in [5.41, 5.74) is 1.11. The number of thiophene rings is 1. The van der Waals surface area contributed by atoms with Crippen LogP contribution in [0, 0.1) is 5.92 Å². The summed E-state index contributed by atoms with van der Waals surface area (Å²) in [4.78, 5) is 1.44. The van der Waals surface area contributed by atoms with Crippen LogP contribution in [-0.2, 0) is 11.3 Å². The van der Waals surface area contributed by atoms with Gasteiger partial charge in [0.05, 0.1) is 31.1 Å². The Morgan fingerprint density at radius 2 is 2.33 bits per heavy atom. The molecule has 1 aliphatic rings. The van der Waals surface area contributed by atoms with Crippen molar-refractivity contribution in [2.45, 2.75) is 38.3 Å². The Labute approximate surface area is 130 Å². The first-order chi connectivity index (χ1) is 10.4. The van der Waals surface area contributed by atoms with Crippen molar-refractivity contribution >= 4 is 17.0 Å². The van der Waals surface area contributed by atoms with Crippen molar-refractivity contribution < 1.29 is 4.74 Å². The quantitative estimate of drug-likeness (QED) is 0.842. The van der Waals surface area contributed by atoms with Crippen LogP contribution in [-0.4, -0.2) is 23.5 Å². The Morgan fingerprint density at radius 1 is 1.48 bits per heavy atom. The van der Waals surface area contributed by atoms with Crippen LogP contribution >= 0.6 is 11.3 Å². The SMILES string of the molecule is COCCn1cc(NC(c2cccs2)C2CCCC2)cn1. The zero-order chi connectivity index (χ0) is 14.5. The van der Waals surface area contributed by atoms with E-state index in [1.807, 2.05) is 22.2 Å². The van der Waals surface area contributed by atoms with Crippen LogP contribution in [0.2, 0.25) is 0 Å². The minimum Gasteiger partial charge on any atom is -0.383 e. The fraction of sp³-hybridized carbons (Fsp3) is 0.562. The van der Waals surface area contributed by atoms with E-state index in [4.69, 9.17) is 4.74 Å². The first-order valence-corrected chi connectivity index (χ1v) is 8.56. The summed E-state index contributed by atoms with van der Waals surface area (Å²) in [6.45, 7) is 1.49. The molecule has 0 aromatic carbocycles. The maximum Gasteiger partial charge on any atom is 0.0731 e. The van der Waals surface area contributed by atoms with Gasteiger partial charge in [-0.1, -0.05) is 18.9 Å². The second kappa shape index (κ2) is 7.09. The number of hydrogen-bond acceptors (Lipinski definition) is 4. The third kappa shape index (κ3) is 3.66. The standard InChI is InChI=1S/C16H23N3OS/c1-20-9-8-19-12-14(11-17-19)18-16(13-5-2-3-6-13)15-7-4-10-21-15/h4,7,10-13,16,18H,2-3,5-6,8-9H2,1H3. The number of nitrogens with zero attached hydrogens (tertiary/aromatic N) is 2. The van der Waals surface area contributed by atoms with Gasteiger partial charge < -0.3 is 10.1 Å². The van der Waals surface area contributed by atoms with Gasteiger partial charge in [0.1, 0.15) is 0 Å². The lowest BCUT2D eigenvalue weighted by Gasteiger charge is -2.24. The number of methoxy groups -OCH3 is 1. The van der Waals surface area contributed by atoms with Gasteiger partial charge in [-0.05, 0) is 30.2 Å². The summed E-state index contributed by atoms with van der Waals surface area (Å²) in [7, 11) is 1.72. The van der Waals surface area contributed by atoms with Crippen LogP contribution in [0.3, 0.4) is 0 Å². The summed E-state index contributed by atoms with van der Waals surface area (Å²) >= 11 is 1.85. The Kier molecular flexibility index (Phi) is 4.93. The summed E-state index contributed by atoms with van der Waals surface area (Å²) in [5.74, 6) is 0.742. The van der Waals surface area contributed by atoms with E-state index in [1.165, 1.54) is 30.6 Å². The minimum atomic E-state index is 0.424. The van der Waals surface area contributed by atoms with E-state index in [2.05, 4.69) is 34.1 Å². The van der Waals surface area contributed by atoms with E-state index in [0.29, 0.717) is 12.6 Å². The molecule has 1 saturated carbocycles. The fourth-order valence-corrected chi connectivity index (χ4v) is 3.97. The molecular formula is C16H23N3OS. The molecule has 0 saturated heterocycles. The van der Waals surface area contributed by atoms with Crippen molar-refractivity contribution in [1.29, 1.82) is 0 Å². The summed E-state index contributed by atoms with van der Waals surface area (Å²) in [5, 5.41) is 10.3. The molecule has 114 valence electrons. The number of ether oxygens (including phenoxy) is 1. The van der Waals surface area contributed by atoms with E-state index in [-0.39, 0.29) is 0 Å². The lowest BCUT2D eigenvalue weighted by atomic mass is 9.96. The molecule has 1 unspecified atom stereocenters. The van der Waals surface area contributed by atoms with E-state index >= 15 is 0 Å². The van der Waals surface area contributed by atoms with Crippen LogP contribution in [0.25, 0.3) is 0 Å². The van der Waals surface area contributed by atoms with Crippen molar-refractivity contribution in [3.8, 4) is 0 Å². The third-order valence-corrected chi connectivity index (χ3v) is 5.16. The first kappa shape index (κ1) is 14.6. The highest BCUT2D eigenvalue weighted by atomic mass is 32.1. The molecule has 0 bridgehead atoms. The predicted molar refractivity (Wildman–Crippen MR) is 86.7 cm³/mol. The second-order valence-corrected chi connectivity index (χ2v) is 6.65. The van der Waals surface area contributed by atoms with E-state index in [1.54, 1.807) is 7.11 Å². The van der Waals surface area contributed by atoms with Crippen LogP contribution in [0.1, 0.15) is 36.6 Å². The van der Waals surface area contributed by atoms with Gasteiger partial charge >= 0.3 is 0 Å². The summed E-state index contributed by atoms with van der Waals surface area (Å²) in [6, 6.07) is 4.81. The van der Waals surface area contributed by atoms with E-state index in [0.717, 1.165) is 18.2 Å².